The topological polar surface area (TPSA) is 36.4 Å². The van der Waals surface area contributed by atoms with Crippen LogP contribution in [0.25, 0.3) is 6.08 Å². The fraction of sp³-hybridized carbons (Fsp3) is 0.500. The van der Waals surface area contributed by atoms with Gasteiger partial charge >= 0.3 is 0 Å². The van der Waals surface area contributed by atoms with Gasteiger partial charge in [-0.25, -0.2) is 0 Å². The van der Waals surface area contributed by atoms with Gasteiger partial charge in [0, 0.05) is 11.8 Å². The van der Waals surface area contributed by atoms with Gasteiger partial charge in [0.1, 0.15) is 0 Å². The van der Waals surface area contributed by atoms with Crippen LogP contribution in [-0.2, 0) is 0 Å². The normalized spacial score (nSPS) is 31.0. The molecule has 0 spiro atoms. The lowest BCUT2D eigenvalue weighted by Gasteiger charge is -2.48. The van der Waals surface area contributed by atoms with Crippen molar-refractivity contribution in [1.29, 1.82) is 0 Å². The van der Waals surface area contributed by atoms with Crippen LogP contribution in [0.2, 0.25) is 0 Å². The molecular formula is C20H27N3S. The van der Waals surface area contributed by atoms with Crippen LogP contribution in [0, 0.1) is 17.3 Å². The maximum Gasteiger partial charge on any atom is 0.187 e. The predicted molar refractivity (Wildman–Crippen MR) is 106 cm³/mol. The summed E-state index contributed by atoms with van der Waals surface area (Å²) in [5.74, 6) is 1.51. The Labute approximate surface area is 150 Å². The molecule has 2 N–H and O–H groups in total. The lowest BCUT2D eigenvalue weighted by Crippen LogP contribution is -2.60. The quantitative estimate of drug-likeness (QED) is 0.485. The van der Waals surface area contributed by atoms with Gasteiger partial charge in [0.15, 0.2) is 5.11 Å². The van der Waals surface area contributed by atoms with Crippen LogP contribution in [-0.4, -0.2) is 16.9 Å². The number of hydrazone groups is 1. The molecule has 3 nitrogen and oxygen atoms in total. The Bertz CT molecular complexity index is 650. The molecule has 0 saturated heterocycles. The fourth-order valence-corrected chi connectivity index (χ4v) is 4.76. The number of allylic oxidation sites excluding steroid dienone is 1. The standard InChI is InChI=1S/C20H27N3S/c1-19(2)16-11-12-17(14-16)20(19,3)22-18(24)23-21-13-7-10-15-8-5-4-6-9-15/h4-10,13,16-17H,11-12,14H2,1-3H3,(H2,22,23,24)/b10-7+,21-13-/t16-,17-,20+/m0/s1. The molecule has 4 heteroatoms. The van der Waals surface area contributed by atoms with Crippen LogP contribution < -0.4 is 10.7 Å². The summed E-state index contributed by atoms with van der Waals surface area (Å²) in [7, 11) is 0. The van der Waals surface area contributed by atoms with Gasteiger partial charge in [0.2, 0.25) is 0 Å². The van der Waals surface area contributed by atoms with Gasteiger partial charge in [0.05, 0.1) is 0 Å². The second-order valence-corrected chi connectivity index (χ2v) is 8.15. The summed E-state index contributed by atoms with van der Waals surface area (Å²) in [5, 5.41) is 8.39. The molecule has 2 bridgehead atoms. The van der Waals surface area contributed by atoms with E-state index in [-0.39, 0.29) is 11.0 Å². The van der Waals surface area contributed by atoms with Gasteiger partial charge in [0.25, 0.3) is 0 Å². The van der Waals surface area contributed by atoms with Gasteiger partial charge in [-0.1, -0.05) is 50.3 Å². The first-order valence-corrected chi connectivity index (χ1v) is 9.17. The second kappa shape index (κ2) is 6.67. The average Bonchev–Trinajstić information content (AvgIpc) is 3.11. The number of nitrogens with one attached hydrogen (secondary N) is 2. The van der Waals surface area contributed by atoms with Crippen molar-refractivity contribution in [3.8, 4) is 0 Å². The zero-order valence-electron chi connectivity index (χ0n) is 14.8. The Kier molecular flexibility index (Phi) is 4.77. The first-order chi connectivity index (χ1) is 11.4. The van der Waals surface area contributed by atoms with E-state index in [4.69, 9.17) is 12.2 Å². The third kappa shape index (κ3) is 3.12. The van der Waals surface area contributed by atoms with E-state index < -0.39 is 0 Å². The Morgan fingerprint density at radius 2 is 1.88 bits per heavy atom. The SMILES string of the molecule is CC1(C)[C@H]2CC[C@@H](C2)[C@@]1(C)NC(=S)N/N=C\C=C\c1ccccc1. The zero-order chi connectivity index (χ0) is 17.2. The van der Waals surface area contributed by atoms with E-state index in [1.807, 2.05) is 30.4 Å². The summed E-state index contributed by atoms with van der Waals surface area (Å²) in [6.45, 7) is 7.07. The molecule has 3 atom stereocenters. The maximum atomic E-state index is 5.46. The van der Waals surface area contributed by atoms with E-state index in [1.54, 1.807) is 6.21 Å². The van der Waals surface area contributed by atoms with Gasteiger partial charge in [-0.2, -0.15) is 5.10 Å². The zero-order valence-corrected chi connectivity index (χ0v) is 15.6. The first-order valence-electron chi connectivity index (χ1n) is 8.76. The second-order valence-electron chi connectivity index (χ2n) is 7.74. The van der Waals surface area contributed by atoms with Gasteiger partial charge in [-0.05, 0) is 67.3 Å². The van der Waals surface area contributed by atoms with E-state index in [2.05, 4.69) is 48.7 Å². The molecule has 2 saturated carbocycles. The predicted octanol–water partition coefficient (Wildman–Crippen LogP) is 4.36. The van der Waals surface area contributed by atoms with Crippen molar-refractivity contribution in [3.05, 3.63) is 42.0 Å². The summed E-state index contributed by atoms with van der Waals surface area (Å²) in [4.78, 5) is 0. The van der Waals surface area contributed by atoms with Gasteiger partial charge < -0.3 is 5.32 Å². The smallest absolute Gasteiger partial charge is 0.187 e. The number of benzene rings is 1. The van der Waals surface area contributed by atoms with Gasteiger partial charge in [-0.3, -0.25) is 5.43 Å². The molecule has 0 radical (unpaired) electrons. The molecule has 24 heavy (non-hydrogen) atoms. The molecule has 0 amide bonds. The molecule has 0 unspecified atom stereocenters. The van der Waals surface area contributed by atoms with Crippen LogP contribution in [0.3, 0.4) is 0 Å². The van der Waals surface area contributed by atoms with E-state index in [9.17, 15) is 0 Å². The van der Waals surface area contributed by atoms with E-state index in [0.29, 0.717) is 11.0 Å². The molecule has 128 valence electrons. The average molecular weight is 342 g/mol. The fourth-order valence-electron chi connectivity index (χ4n) is 4.50. The van der Waals surface area contributed by atoms with Crippen LogP contribution in [0.5, 0.6) is 0 Å². The molecule has 2 fully saturated rings. The minimum absolute atomic E-state index is 0.0510. The van der Waals surface area contributed by atoms with Crippen molar-refractivity contribution < 1.29 is 0 Å². The number of hydrogen-bond donors (Lipinski definition) is 2. The van der Waals surface area contributed by atoms with E-state index >= 15 is 0 Å². The molecule has 0 aromatic heterocycles. The number of thiocarbonyl (C=S) groups is 1. The van der Waals surface area contributed by atoms with E-state index in [1.165, 1.54) is 19.3 Å². The summed E-state index contributed by atoms with van der Waals surface area (Å²) in [6.07, 6.45) is 9.65. The molecule has 0 heterocycles. The highest BCUT2D eigenvalue weighted by atomic mass is 32.1. The van der Waals surface area contributed by atoms with Crippen molar-refractivity contribution in [2.75, 3.05) is 0 Å². The Hall–Kier alpha value is -1.68. The summed E-state index contributed by atoms with van der Waals surface area (Å²) >= 11 is 5.46. The van der Waals surface area contributed by atoms with E-state index in [0.717, 1.165) is 11.5 Å². The highest BCUT2D eigenvalue weighted by molar-refractivity contribution is 7.80. The third-order valence-electron chi connectivity index (χ3n) is 6.40. The minimum atomic E-state index is 0.0510. The number of hydrogen-bond acceptors (Lipinski definition) is 2. The Morgan fingerprint density at radius 1 is 1.17 bits per heavy atom. The lowest BCUT2D eigenvalue weighted by molar-refractivity contribution is 0.0833. The Balaban J connectivity index is 1.53. The molecule has 0 aliphatic heterocycles. The molecule has 2 aliphatic rings. The Morgan fingerprint density at radius 3 is 2.54 bits per heavy atom. The first kappa shape index (κ1) is 17.2. The molecule has 2 aliphatic carbocycles. The van der Waals surface area contributed by atoms with Crippen molar-refractivity contribution in [2.45, 2.75) is 45.6 Å². The maximum absolute atomic E-state index is 5.46. The van der Waals surface area contributed by atoms with Crippen molar-refractivity contribution in [3.63, 3.8) is 0 Å². The number of fused-ring (bicyclic) bond motifs is 2. The van der Waals surface area contributed by atoms with Crippen LogP contribution in [0.1, 0.15) is 45.6 Å². The summed E-state index contributed by atoms with van der Waals surface area (Å²) in [5.41, 5.74) is 4.42. The van der Waals surface area contributed by atoms with Crippen LogP contribution in [0.15, 0.2) is 41.5 Å². The highest BCUT2D eigenvalue weighted by Gasteiger charge is 2.60. The highest BCUT2D eigenvalue weighted by Crippen LogP contribution is 2.61. The van der Waals surface area contributed by atoms with Crippen molar-refractivity contribution >= 4 is 29.6 Å². The molecule has 1 aromatic carbocycles. The van der Waals surface area contributed by atoms with Crippen LogP contribution in [0.4, 0.5) is 0 Å². The monoisotopic (exact) mass is 341 g/mol. The number of rotatable bonds is 4. The summed E-state index contributed by atoms with van der Waals surface area (Å²) in [6, 6.07) is 10.2. The van der Waals surface area contributed by atoms with Crippen LogP contribution >= 0.6 is 12.2 Å². The van der Waals surface area contributed by atoms with Gasteiger partial charge in [-0.15, -0.1) is 0 Å². The third-order valence-corrected chi connectivity index (χ3v) is 6.59. The molecular weight excluding hydrogens is 314 g/mol. The minimum Gasteiger partial charge on any atom is -0.355 e. The van der Waals surface area contributed by atoms with Crippen molar-refractivity contribution in [1.82, 2.24) is 10.7 Å². The number of nitrogens with zero attached hydrogens (tertiary/aromatic N) is 1. The summed E-state index contributed by atoms with van der Waals surface area (Å²) < 4.78 is 0. The molecule has 3 rings (SSSR count). The molecule has 1 aromatic rings. The largest absolute Gasteiger partial charge is 0.355 e. The lowest BCUT2D eigenvalue weighted by atomic mass is 9.64. The van der Waals surface area contributed by atoms with Crippen molar-refractivity contribution in [2.24, 2.45) is 22.4 Å².